The van der Waals surface area contributed by atoms with Gasteiger partial charge in [0.25, 0.3) is 5.91 Å². The summed E-state index contributed by atoms with van der Waals surface area (Å²) in [5.41, 5.74) is -0.436. The fourth-order valence-electron chi connectivity index (χ4n) is 3.07. The van der Waals surface area contributed by atoms with Gasteiger partial charge in [0.05, 0.1) is 5.56 Å². The fraction of sp³-hybridized carbons (Fsp3) is 0.500. The summed E-state index contributed by atoms with van der Waals surface area (Å²) < 4.78 is 5.13. The lowest BCUT2D eigenvalue weighted by Gasteiger charge is -2.30. The molecule has 2 aromatic rings. The number of nitrogens with zero attached hydrogens (tertiary/aromatic N) is 2. The van der Waals surface area contributed by atoms with Crippen LogP contribution < -0.4 is 10.9 Å². The molecule has 0 saturated heterocycles. The van der Waals surface area contributed by atoms with E-state index in [4.69, 9.17) is 4.52 Å². The van der Waals surface area contributed by atoms with Gasteiger partial charge in [-0.3, -0.25) is 9.59 Å². The van der Waals surface area contributed by atoms with E-state index >= 15 is 0 Å². The van der Waals surface area contributed by atoms with Gasteiger partial charge >= 0.3 is 0 Å². The van der Waals surface area contributed by atoms with Gasteiger partial charge in [-0.25, -0.2) is 0 Å². The van der Waals surface area contributed by atoms with Gasteiger partial charge < -0.3 is 14.8 Å². The minimum atomic E-state index is -0.610. The number of hydrogen-bond acceptors (Lipinski definition) is 5. The molecule has 1 saturated carbocycles. The van der Waals surface area contributed by atoms with E-state index in [9.17, 15) is 9.59 Å². The van der Waals surface area contributed by atoms with Gasteiger partial charge in [0.1, 0.15) is 5.54 Å². The third-order valence-corrected chi connectivity index (χ3v) is 4.31. The van der Waals surface area contributed by atoms with Crippen LogP contribution in [0.2, 0.25) is 0 Å². The van der Waals surface area contributed by atoms with Crippen molar-refractivity contribution in [3.8, 4) is 0 Å². The van der Waals surface area contributed by atoms with Gasteiger partial charge in [0.15, 0.2) is 5.82 Å². The first-order chi connectivity index (χ1) is 11.1. The quantitative estimate of drug-likeness (QED) is 0.844. The average molecular weight is 316 g/mol. The van der Waals surface area contributed by atoms with Crippen LogP contribution in [0.15, 0.2) is 27.6 Å². The van der Waals surface area contributed by atoms with Crippen molar-refractivity contribution >= 4 is 5.91 Å². The molecule has 0 aromatic carbocycles. The number of rotatable bonds is 3. The fourth-order valence-corrected chi connectivity index (χ4v) is 3.07. The van der Waals surface area contributed by atoms with Gasteiger partial charge in [0.2, 0.25) is 11.4 Å². The molecule has 1 amide bonds. The van der Waals surface area contributed by atoms with E-state index < -0.39 is 5.54 Å². The first-order valence-electron chi connectivity index (χ1n) is 7.91. The van der Waals surface area contributed by atoms with Crippen LogP contribution in [0.4, 0.5) is 0 Å². The van der Waals surface area contributed by atoms with Crippen LogP contribution in [0.1, 0.15) is 60.6 Å². The Kier molecular flexibility index (Phi) is 4.27. The van der Waals surface area contributed by atoms with Crippen LogP contribution in [0.3, 0.4) is 0 Å². The molecule has 122 valence electrons. The van der Waals surface area contributed by atoms with Gasteiger partial charge in [0, 0.05) is 19.2 Å². The summed E-state index contributed by atoms with van der Waals surface area (Å²) in [6, 6.07) is 2.85. The highest BCUT2D eigenvalue weighted by molar-refractivity contribution is 5.94. The van der Waals surface area contributed by atoms with Gasteiger partial charge in [-0.15, -0.1) is 0 Å². The van der Waals surface area contributed by atoms with Crippen LogP contribution >= 0.6 is 0 Å². The highest BCUT2D eigenvalue weighted by atomic mass is 16.5. The molecule has 0 bridgehead atoms. The van der Waals surface area contributed by atoms with Crippen molar-refractivity contribution in [2.24, 2.45) is 0 Å². The highest BCUT2D eigenvalue weighted by Crippen LogP contribution is 2.34. The number of hydrogen-bond donors (Lipinski definition) is 2. The first kappa shape index (κ1) is 15.5. The second-order valence-electron chi connectivity index (χ2n) is 6.03. The largest absolute Gasteiger partial charge is 0.340 e. The molecule has 1 fully saturated rings. The van der Waals surface area contributed by atoms with Gasteiger partial charge in [-0.05, 0) is 18.9 Å². The Balaban J connectivity index is 1.90. The zero-order valence-electron chi connectivity index (χ0n) is 13.1. The molecule has 3 rings (SSSR count). The smallest absolute Gasteiger partial charge is 0.253 e. The summed E-state index contributed by atoms with van der Waals surface area (Å²) in [6.07, 6.45) is 7.24. The zero-order chi connectivity index (χ0) is 16.3. The van der Waals surface area contributed by atoms with Crippen LogP contribution in [0.25, 0.3) is 0 Å². The number of carbonyl (C=O) groups excluding carboxylic acids is 1. The maximum atomic E-state index is 12.6. The molecule has 0 spiro atoms. The molecular weight excluding hydrogens is 296 g/mol. The molecule has 0 unspecified atom stereocenters. The van der Waals surface area contributed by atoms with E-state index in [1.807, 2.05) is 0 Å². The van der Waals surface area contributed by atoms with Crippen LogP contribution in [0.5, 0.6) is 0 Å². The van der Waals surface area contributed by atoms with E-state index in [0.717, 1.165) is 38.5 Å². The van der Waals surface area contributed by atoms with Crippen LogP contribution in [-0.2, 0) is 5.54 Å². The molecule has 7 nitrogen and oxygen atoms in total. The number of nitrogens with one attached hydrogen (secondary N) is 2. The number of H-pyrrole nitrogens is 1. The van der Waals surface area contributed by atoms with Crippen molar-refractivity contribution in [1.82, 2.24) is 20.4 Å². The normalized spacial score (nSPS) is 17.4. The Hall–Kier alpha value is -2.44. The van der Waals surface area contributed by atoms with Gasteiger partial charge in [-0.2, -0.15) is 4.98 Å². The van der Waals surface area contributed by atoms with Crippen molar-refractivity contribution in [2.75, 3.05) is 0 Å². The maximum Gasteiger partial charge on any atom is 0.253 e. The molecule has 2 aromatic heterocycles. The molecule has 0 atom stereocenters. The highest BCUT2D eigenvalue weighted by Gasteiger charge is 2.39. The lowest BCUT2D eigenvalue weighted by atomic mass is 9.88. The second-order valence-corrected chi connectivity index (χ2v) is 6.03. The Morgan fingerprint density at radius 3 is 2.57 bits per heavy atom. The molecule has 0 aliphatic heterocycles. The van der Waals surface area contributed by atoms with Crippen LogP contribution in [0, 0.1) is 6.92 Å². The van der Waals surface area contributed by atoms with Crippen molar-refractivity contribution < 1.29 is 9.32 Å². The summed E-state index contributed by atoms with van der Waals surface area (Å²) in [7, 11) is 0. The predicted octanol–water partition coefficient (Wildman–Crippen LogP) is 2.05. The molecule has 1 aliphatic carbocycles. The average Bonchev–Trinajstić information content (AvgIpc) is 2.84. The standard InChI is InChI=1S/C16H20N4O3/c1-11-18-15(20-23-11)16(8-4-2-3-5-9-16)19-14(22)12-6-7-13(21)17-10-12/h6-7,10H,2-5,8-9H2,1H3,(H,17,21)(H,19,22). The lowest BCUT2D eigenvalue weighted by Crippen LogP contribution is -2.46. The monoisotopic (exact) mass is 316 g/mol. The molecule has 1 aliphatic rings. The molecule has 7 heteroatoms. The summed E-state index contributed by atoms with van der Waals surface area (Å²) in [4.78, 5) is 30.6. The van der Waals surface area contributed by atoms with E-state index in [0.29, 0.717) is 17.3 Å². The first-order valence-corrected chi connectivity index (χ1v) is 7.91. The Labute approximate surface area is 133 Å². The number of pyridine rings is 1. The topological polar surface area (TPSA) is 101 Å². The predicted molar refractivity (Wildman–Crippen MR) is 82.9 cm³/mol. The summed E-state index contributed by atoms with van der Waals surface area (Å²) >= 11 is 0. The van der Waals surface area contributed by atoms with E-state index in [-0.39, 0.29) is 11.5 Å². The van der Waals surface area contributed by atoms with E-state index in [2.05, 4.69) is 20.4 Å². The maximum absolute atomic E-state index is 12.6. The minimum Gasteiger partial charge on any atom is -0.340 e. The van der Waals surface area contributed by atoms with E-state index in [1.165, 1.54) is 18.3 Å². The van der Waals surface area contributed by atoms with Crippen molar-refractivity contribution in [1.29, 1.82) is 0 Å². The number of aryl methyl sites for hydroxylation is 1. The molecular formula is C16H20N4O3. The van der Waals surface area contributed by atoms with Crippen molar-refractivity contribution in [3.63, 3.8) is 0 Å². The van der Waals surface area contributed by atoms with E-state index in [1.54, 1.807) is 6.92 Å². The number of aromatic amines is 1. The number of amides is 1. The van der Waals surface area contributed by atoms with Crippen molar-refractivity contribution in [2.45, 2.75) is 51.0 Å². The number of carbonyl (C=O) groups is 1. The summed E-state index contributed by atoms with van der Waals surface area (Å²) in [5, 5.41) is 7.15. The second kappa shape index (κ2) is 6.36. The number of aromatic nitrogens is 3. The van der Waals surface area contributed by atoms with Gasteiger partial charge in [-0.1, -0.05) is 30.8 Å². The third kappa shape index (κ3) is 3.33. The van der Waals surface area contributed by atoms with Crippen molar-refractivity contribution in [3.05, 3.63) is 46.0 Å². The Bertz CT molecular complexity index is 721. The molecule has 2 heterocycles. The SMILES string of the molecule is Cc1nc(C2(NC(=O)c3ccc(=O)[nH]c3)CCCCCC2)no1. The third-order valence-electron chi connectivity index (χ3n) is 4.31. The molecule has 2 N–H and O–H groups in total. The summed E-state index contributed by atoms with van der Waals surface area (Å²) in [5.74, 6) is 0.780. The Morgan fingerprint density at radius 2 is 2.00 bits per heavy atom. The molecule has 23 heavy (non-hydrogen) atoms. The minimum absolute atomic E-state index is 0.237. The lowest BCUT2D eigenvalue weighted by molar-refractivity contribution is 0.0876. The summed E-state index contributed by atoms with van der Waals surface area (Å²) in [6.45, 7) is 1.74. The zero-order valence-corrected chi connectivity index (χ0v) is 13.1. The molecule has 0 radical (unpaired) electrons. The Morgan fingerprint density at radius 1 is 1.26 bits per heavy atom. The van der Waals surface area contributed by atoms with Crippen LogP contribution in [-0.4, -0.2) is 21.0 Å².